The molecular weight excluding hydrogens is 284 g/mol. The van der Waals surface area contributed by atoms with Crippen molar-refractivity contribution in [2.45, 2.75) is 6.04 Å². The fourth-order valence-electron chi connectivity index (χ4n) is 1.75. The van der Waals surface area contributed by atoms with E-state index in [2.05, 4.69) is 10.1 Å². The van der Waals surface area contributed by atoms with E-state index in [0.717, 1.165) is 23.1 Å². The number of aromatic nitrogens is 2. The smallest absolute Gasteiger partial charge is 0.249 e. The summed E-state index contributed by atoms with van der Waals surface area (Å²) in [6.07, 6.45) is 0. The molecule has 0 aliphatic heterocycles. The van der Waals surface area contributed by atoms with Gasteiger partial charge in [0.25, 0.3) is 0 Å². The second-order valence-electron chi connectivity index (χ2n) is 4.11. The van der Waals surface area contributed by atoms with Gasteiger partial charge in [-0.3, -0.25) is 0 Å². The average Bonchev–Trinajstić information content (AvgIpc) is 3.09. The van der Waals surface area contributed by atoms with Crippen LogP contribution in [-0.2, 0) is 0 Å². The van der Waals surface area contributed by atoms with E-state index < -0.39 is 17.7 Å². The van der Waals surface area contributed by atoms with Gasteiger partial charge in [-0.15, -0.1) is 11.3 Å². The molecule has 20 heavy (non-hydrogen) atoms. The molecule has 0 fully saturated rings. The van der Waals surface area contributed by atoms with Gasteiger partial charge in [-0.2, -0.15) is 4.98 Å². The summed E-state index contributed by atoms with van der Waals surface area (Å²) in [7, 11) is 0. The third-order valence-corrected chi connectivity index (χ3v) is 3.63. The zero-order valence-electron chi connectivity index (χ0n) is 10.1. The van der Waals surface area contributed by atoms with Gasteiger partial charge in [-0.1, -0.05) is 11.2 Å². The maximum absolute atomic E-state index is 13.2. The van der Waals surface area contributed by atoms with Gasteiger partial charge >= 0.3 is 0 Å². The molecule has 0 saturated heterocycles. The van der Waals surface area contributed by atoms with Crippen LogP contribution in [0.3, 0.4) is 0 Å². The molecule has 0 aliphatic carbocycles. The van der Waals surface area contributed by atoms with Crippen LogP contribution < -0.4 is 5.73 Å². The van der Waals surface area contributed by atoms with E-state index in [0.29, 0.717) is 0 Å². The minimum Gasteiger partial charge on any atom is -0.337 e. The molecule has 2 N–H and O–H groups in total. The Kier molecular flexibility index (Phi) is 3.29. The van der Waals surface area contributed by atoms with Crippen LogP contribution in [-0.4, -0.2) is 10.1 Å². The average molecular weight is 293 g/mol. The molecular formula is C13H9F2N3OS. The van der Waals surface area contributed by atoms with Gasteiger partial charge in [-0.05, 0) is 23.6 Å². The topological polar surface area (TPSA) is 64.9 Å². The third-order valence-electron chi connectivity index (χ3n) is 2.68. The predicted molar refractivity (Wildman–Crippen MR) is 70.0 cm³/mol. The van der Waals surface area contributed by atoms with E-state index in [1.165, 1.54) is 11.3 Å². The SMILES string of the molecule is NC(c1nc(-c2cc(F)cc(F)c2)no1)c1cccs1. The number of thiophene rings is 1. The second-order valence-corrected chi connectivity index (χ2v) is 5.09. The Morgan fingerprint density at radius 1 is 1.20 bits per heavy atom. The fraction of sp³-hybridized carbons (Fsp3) is 0.0769. The van der Waals surface area contributed by atoms with Gasteiger partial charge in [0.15, 0.2) is 0 Å². The number of rotatable bonds is 3. The molecule has 4 nitrogen and oxygen atoms in total. The zero-order valence-corrected chi connectivity index (χ0v) is 10.9. The number of hydrogen-bond acceptors (Lipinski definition) is 5. The molecule has 2 aromatic heterocycles. The van der Waals surface area contributed by atoms with Gasteiger partial charge in [0.05, 0.1) is 0 Å². The molecule has 1 aromatic carbocycles. The van der Waals surface area contributed by atoms with E-state index in [1.807, 2.05) is 17.5 Å². The summed E-state index contributed by atoms with van der Waals surface area (Å²) < 4.78 is 31.4. The Balaban J connectivity index is 1.94. The summed E-state index contributed by atoms with van der Waals surface area (Å²) in [5.74, 6) is -1.10. The highest BCUT2D eigenvalue weighted by molar-refractivity contribution is 7.10. The Morgan fingerprint density at radius 3 is 2.60 bits per heavy atom. The summed E-state index contributed by atoms with van der Waals surface area (Å²) in [5, 5.41) is 5.59. The van der Waals surface area contributed by atoms with Gasteiger partial charge < -0.3 is 10.3 Å². The maximum atomic E-state index is 13.2. The highest BCUT2D eigenvalue weighted by Crippen LogP contribution is 2.25. The first-order chi connectivity index (χ1) is 9.63. The van der Waals surface area contributed by atoms with Crippen molar-refractivity contribution in [1.29, 1.82) is 0 Å². The van der Waals surface area contributed by atoms with Crippen molar-refractivity contribution in [3.05, 3.63) is 58.1 Å². The first-order valence-electron chi connectivity index (χ1n) is 5.72. The Hall–Kier alpha value is -2.12. The quantitative estimate of drug-likeness (QED) is 0.805. The Bertz CT molecular complexity index is 707. The van der Waals surface area contributed by atoms with Crippen molar-refractivity contribution in [3.63, 3.8) is 0 Å². The molecule has 0 saturated carbocycles. The summed E-state index contributed by atoms with van der Waals surface area (Å²) in [5.41, 5.74) is 6.18. The summed E-state index contributed by atoms with van der Waals surface area (Å²) in [4.78, 5) is 4.96. The van der Waals surface area contributed by atoms with Crippen molar-refractivity contribution in [3.8, 4) is 11.4 Å². The standard InChI is InChI=1S/C13H9F2N3OS/c14-8-4-7(5-9(15)6-8)12-17-13(19-18-12)11(16)10-2-1-3-20-10/h1-6,11H,16H2. The molecule has 3 aromatic rings. The van der Waals surface area contributed by atoms with E-state index in [-0.39, 0.29) is 17.3 Å². The van der Waals surface area contributed by atoms with Crippen LogP contribution in [0.4, 0.5) is 8.78 Å². The van der Waals surface area contributed by atoms with Crippen LogP contribution in [0.5, 0.6) is 0 Å². The van der Waals surface area contributed by atoms with E-state index in [4.69, 9.17) is 10.3 Å². The van der Waals surface area contributed by atoms with Crippen LogP contribution >= 0.6 is 11.3 Å². The highest BCUT2D eigenvalue weighted by atomic mass is 32.1. The monoisotopic (exact) mass is 293 g/mol. The lowest BCUT2D eigenvalue weighted by molar-refractivity contribution is 0.368. The maximum Gasteiger partial charge on any atom is 0.249 e. The summed E-state index contributed by atoms with van der Waals surface area (Å²) in [6, 6.07) is 6.21. The van der Waals surface area contributed by atoms with Crippen LogP contribution in [0.25, 0.3) is 11.4 Å². The number of hydrogen-bond donors (Lipinski definition) is 1. The zero-order chi connectivity index (χ0) is 14.1. The van der Waals surface area contributed by atoms with Crippen LogP contribution in [0, 0.1) is 11.6 Å². The fourth-order valence-corrected chi connectivity index (χ4v) is 2.47. The van der Waals surface area contributed by atoms with Gasteiger partial charge in [0, 0.05) is 16.5 Å². The summed E-state index contributed by atoms with van der Waals surface area (Å²) in [6.45, 7) is 0. The number of nitrogens with zero attached hydrogens (tertiary/aromatic N) is 2. The Morgan fingerprint density at radius 2 is 1.95 bits per heavy atom. The Labute approximate surface area is 116 Å². The lowest BCUT2D eigenvalue weighted by atomic mass is 10.2. The van der Waals surface area contributed by atoms with E-state index >= 15 is 0 Å². The molecule has 3 rings (SSSR count). The molecule has 0 spiro atoms. The van der Waals surface area contributed by atoms with E-state index in [1.54, 1.807) is 0 Å². The molecule has 102 valence electrons. The van der Waals surface area contributed by atoms with Crippen LogP contribution in [0.1, 0.15) is 16.8 Å². The minimum absolute atomic E-state index is 0.102. The van der Waals surface area contributed by atoms with E-state index in [9.17, 15) is 8.78 Å². The van der Waals surface area contributed by atoms with Gasteiger partial charge in [-0.25, -0.2) is 8.78 Å². The molecule has 0 bridgehead atoms. The van der Waals surface area contributed by atoms with Crippen molar-refractivity contribution < 1.29 is 13.3 Å². The lowest BCUT2D eigenvalue weighted by Gasteiger charge is -2.01. The number of nitrogens with two attached hydrogens (primary N) is 1. The van der Waals surface area contributed by atoms with Gasteiger partial charge in [0.2, 0.25) is 11.7 Å². The molecule has 7 heteroatoms. The molecule has 1 unspecified atom stereocenters. The van der Waals surface area contributed by atoms with Crippen LogP contribution in [0.2, 0.25) is 0 Å². The van der Waals surface area contributed by atoms with Crippen molar-refractivity contribution in [1.82, 2.24) is 10.1 Å². The minimum atomic E-state index is -0.700. The van der Waals surface area contributed by atoms with Crippen LogP contribution in [0.15, 0.2) is 40.2 Å². The first kappa shape index (κ1) is 12.9. The van der Waals surface area contributed by atoms with Crippen molar-refractivity contribution >= 4 is 11.3 Å². The van der Waals surface area contributed by atoms with Crippen molar-refractivity contribution in [2.75, 3.05) is 0 Å². The molecule has 1 atom stereocenters. The summed E-state index contributed by atoms with van der Waals surface area (Å²) >= 11 is 1.46. The number of benzene rings is 1. The number of halogens is 2. The molecule has 0 radical (unpaired) electrons. The predicted octanol–water partition coefficient (Wildman–Crippen LogP) is 3.12. The van der Waals surface area contributed by atoms with Gasteiger partial charge in [0.1, 0.15) is 17.7 Å². The van der Waals surface area contributed by atoms with Crippen molar-refractivity contribution in [2.24, 2.45) is 5.73 Å². The molecule has 0 aliphatic rings. The normalized spacial score (nSPS) is 12.6. The first-order valence-corrected chi connectivity index (χ1v) is 6.60. The third kappa shape index (κ3) is 2.45. The molecule has 0 amide bonds. The highest BCUT2D eigenvalue weighted by Gasteiger charge is 2.18. The molecule has 2 heterocycles. The second kappa shape index (κ2) is 5.10. The largest absolute Gasteiger partial charge is 0.337 e. The lowest BCUT2D eigenvalue weighted by Crippen LogP contribution is -2.10.